The van der Waals surface area contributed by atoms with Crippen molar-refractivity contribution in [3.63, 3.8) is 0 Å². The van der Waals surface area contributed by atoms with Crippen LogP contribution in [0, 0.1) is 0 Å². The van der Waals surface area contributed by atoms with Gasteiger partial charge in [0, 0.05) is 51.6 Å². The normalized spacial score (nSPS) is 17.8. The van der Waals surface area contributed by atoms with Gasteiger partial charge in [-0.2, -0.15) is 0 Å². The first-order valence-electron chi connectivity index (χ1n) is 19.5. The van der Waals surface area contributed by atoms with Gasteiger partial charge in [-0.25, -0.2) is 9.97 Å². The molecule has 0 fully saturated rings. The number of nitrogens with zero attached hydrogens (tertiary/aromatic N) is 5. The quantitative estimate of drug-likeness (QED) is 0.182. The molecule has 0 N–H and O–H groups in total. The second-order valence-electron chi connectivity index (χ2n) is 15.1. The summed E-state index contributed by atoms with van der Waals surface area (Å²) in [6.45, 7) is 0. The Labute approximate surface area is 324 Å². The van der Waals surface area contributed by atoms with Gasteiger partial charge in [0.25, 0.3) is 0 Å². The minimum Gasteiger partial charge on any atom is -0.313 e. The Morgan fingerprint density at radius 1 is 0.571 bits per heavy atom. The third-order valence-electron chi connectivity index (χ3n) is 12.2. The van der Waals surface area contributed by atoms with Crippen LogP contribution < -0.4 is 4.90 Å². The van der Waals surface area contributed by atoms with E-state index < -0.39 is 0 Å². The van der Waals surface area contributed by atoms with E-state index in [9.17, 15) is 0 Å². The minimum atomic E-state index is -0.0183. The molecule has 12 rings (SSSR count). The molecule has 0 saturated carbocycles. The Morgan fingerprint density at radius 2 is 1.27 bits per heavy atom. The van der Waals surface area contributed by atoms with Gasteiger partial charge in [-0.15, -0.1) is 0 Å². The van der Waals surface area contributed by atoms with Gasteiger partial charge in [0.1, 0.15) is 11.2 Å². The van der Waals surface area contributed by atoms with Crippen LogP contribution in [0.4, 0.5) is 11.6 Å². The number of anilines is 2. The SMILES string of the molecule is C1=C(C2Cc3c(c4ccccc4n3-c3ccccc3)-c3ccccc32)c2ccccc2C2C1c1ccccc1N2c1nc(-c2ccccc2)c2ncccc2n1. The molecule has 4 heterocycles. The van der Waals surface area contributed by atoms with E-state index in [1.54, 1.807) is 0 Å². The molecular formula is C51H35N5. The van der Waals surface area contributed by atoms with Gasteiger partial charge in [0.2, 0.25) is 5.95 Å². The highest BCUT2D eigenvalue weighted by molar-refractivity contribution is 6.02. The third kappa shape index (κ3) is 4.51. The van der Waals surface area contributed by atoms with Gasteiger partial charge in [0.15, 0.2) is 0 Å². The monoisotopic (exact) mass is 717 g/mol. The number of benzene rings is 6. The van der Waals surface area contributed by atoms with Crippen molar-refractivity contribution in [2.75, 3.05) is 4.90 Å². The Hall–Kier alpha value is -7.11. The zero-order valence-corrected chi connectivity index (χ0v) is 30.5. The van der Waals surface area contributed by atoms with Crippen molar-refractivity contribution in [2.24, 2.45) is 0 Å². The number of rotatable bonds is 4. The molecule has 0 amide bonds. The average Bonchev–Trinajstić information content (AvgIpc) is 3.79. The van der Waals surface area contributed by atoms with Crippen LogP contribution in [0.15, 0.2) is 182 Å². The maximum atomic E-state index is 5.37. The molecule has 264 valence electrons. The van der Waals surface area contributed by atoms with E-state index in [0.717, 1.165) is 34.4 Å². The summed E-state index contributed by atoms with van der Waals surface area (Å²) in [5.74, 6) is 0.940. The summed E-state index contributed by atoms with van der Waals surface area (Å²) in [7, 11) is 0. The molecule has 6 aromatic carbocycles. The molecule has 0 radical (unpaired) electrons. The predicted octanol–water partition coefficient (Wildman–Crippen LogP) is 12.0. The number of hydrogen-bond acceptors (Lipinski definition) is 4. The highest BCUT2D eigenvalue weighted by Crippen LogP contribution is 2.59. The molecule has 56 heavy (non-hydrogen) atoms. The molecule has 2 aliphatic carbocycles. The zero-order chi connectivity index (χ0) is 36.7. The van der Waals surface area contributed by atoms with Crippen LogP contribution in [0.2, 0.25) is 0 Å². The lowest BCUT2D eigenvalue weighted by Crippen LogP contribution is -2.28. The second kappa shape index (κ2) is 12.2. The van der Waals surface area contributed by atoms with Gasteiger partial charge in [-0.05, 0) is 76.2 Å². The highest BCUT2D eigenvalue weighted by atomic mass is 15.3. The average molecular weight is 718 g/mol. The summed E-state index contributed by atoms with van der Waals surface area (Å²) in [6.07, 6.45) is 5.31. The molecule has 1 aliphatic heterocycles. The van der Waals surface area contributed by atoms with E-state index in [2.05, 4.69) is 173 Å². The van der Waals surface area contributed by atoms with Crippen LogP contribution >= 0.6 is 0 Å². The van der Waals surface area contributed by atoms with E-state index in [1.165, 1.54) is 61.2 Å². The minimum absolute atomic E-state index is 0.0183. The van der Waals surface area contributed by atoms with Crippen LogP contribution in [-0.4, -0.2) is 19.5 Å². The number of aromatic nitrogens is 4. The lowest BCUT2D eigenvalue weighted by atomic mass is 9.70. The summed E-state index contributed by atoms with van der Waals surface area (Å²) in [5, 5.41) is 1.30. The van der Waals surface area contributed by atoms with Crippen molar-refractivity contribution >= 4 is 39.1 Å². The highest BCUT2D eigenvalue weighted by Gasteiger charge is 2.46. The molecule has 0 bridgehead atoms. The first kappa shape index (κ1) is 31.3. The first-order chi connectivity index (χ1) is 27.8. The zero-order valence-electron chi connectivity index (χ0n) is 30.5. The van der Waals surface area contributed by atoms with Crippen LogP contribution in [-0.2, 0) is 6.42 Å². The van der Waals surface area contributed by atoms with E-state index >= 15 is 0 Å². The van der Waals surface area contributed by atoms with Crippen molar-refractivity contribution in [1.82, 2.24) is 19.5 Å². The summed E-state index contributed by atoms with van der Waals surface area (Å²) in [4.78, 5) is 17.8. The van der Waals surface area contributed by atoms with Crippen LogP contribution in [0.3, 0.4) is 0 Å². The lowest BCUT2D eigenvalue weighted by molar-refractivity contribution is 0.645. The number of para-hydroxylation sites is 3. The molecule has 3 atom stereocenters. The molecule has 3 aromatic heterocycles. The van der Waals surface area contributed by atoms with E-state index in [0.29, 0.717) is 5.95 Å². The van der Waals surface area contributed by atoms with Gasteiger partial charge < -0.3 is 9.47 Å². The number of pyridine rings is 1. The number of allylic oxidation sites excluding steroid dienone is 1. The van der Waals surface area contributed by atoms with Crippen LogP contribution in [0.25, 0.3) is 55.6 Å². The molecular weight excluding hydrogens is 683 g/mol. The number of hydrogen-bond donors (Lipinski definition) is 0. The third-order valence-corrected chi connectivity index (χ3v) is 12.2. The van der Waals surface area contributed by atoms with Gasteiger partial charge in [0.05, 0.1) is 17.1 Å². The Bertz CT molecular complexity index is 3000. The fourth-order valence-corrected chi connectivity index (χ4v) is 9.95. The van der Waals surface area contributed by atoms with Crippen molar-refractivity contribution < 1.29 is 0 Å². The summed E-state index contributed by atoms with van der Waals surface area (Å²) < 4.78 is 2.51. The maximum Gasteiger partial charge on any atom is 0.231 e. The summed E-state index contributed by atoms with van der Waals surface area (Å²) >= 11 is 0. The standard InChI is InChI=1S/C51H35N5/c1-3-16-32(17-4-1)48-49-43(26-15-29-52-49)53-51(54-48)56-44-27-13-11-22-36(44)42-30-40(35-21-8-10-24-38(35)50(42)56)41-31-46-47(37-23-9-7-20-34(37)41)39-25-12-14-28-45(39)55(46)33-18-5-2-6-19-33/h1-30,41-42,50H,31H2. The topological polar surface area (TPSA) is 46.8 Å². The Kier molecular flexibility index (Phi) is 6.81. The van der Waals surface area contributed by atoms with E-state index in [4.69, 9.17) is 15.0 Å². The molecule has 3 aliphatic rings. The second-order valence-corrected chi connectivity index (χ2v) is 15.1. The van der Waals surface area contributed by atoms with Crippen molar-refractivity contribution in [3.8, 4) is 28.1 Å². The van der Waals surface area contributed by atoms with Crippen molar-refractivity contribution in [3.05, 3.63) is 210 Å². The largest absolute Gasteiger partial charge is 0.313 e. The predicted molar refractivity (Wildman–Crippen MR) is 226 cm³/mol. The van der Waals surface area contributed by atoms with Gasteiger partial charge in [-0.3, -0.25) is 4.98 Å². The van der Waals surface area contributed by atoms with Crippen LogP contribution in [0.5, 0.6) is 0 Å². The number of fused-ring (bicyclic) bond motifs is 11. The fourth-order valence-electron chi connectivity index (χ4n) is 9.95. The fraction of sp³-hybridized carbons (Fsp3) is 0.0784. The molecule has 9 aromatic rings. The van der Waals surface area contributed by atoms with E-state index in [-0.39, 0.29) is 17.9 Å². The lowest BCUT2D eigenvalue weighted by Gasteiger charge is -2.37. The van der Waals surface area contributed by atoms with Gasteiger partial charge >= 0.3 is 0 Å². The smallest absolute Gasteiger partial charge is 0.231 e. The van der Waals surface area contributed by atoms with Crippen molar-refractivity contribution in [1.29, 1.82) is 0 Å². The maximum absolute atomic E-state index is 5.37. The van der Waals surface area contributed by atoms with E-state index in [1.807, 2.05) is 18.3 Å². The van der Waals surface area contributed by atoms with Gasteiger partial charge in [-0.1, -0.05) is 140 Å². The summed E-state index contributed by atoms with van der Waals surface area (Å²) in [5.41, 5.74) is 17.8. The molecule has 5 heteroatoms. The summed E-state index contributed by atoms with van der Waals surface area (Å²) in [6, 6.07) is 61.2. The van der Waals surface area contributed by atoms with Crippen LogP contribution in [0.1, 0.15) is 45.8 Å². The Morgan fingerprint density at radius 3 is 2.12 bits per heavy atom. The molecule has 3 unspecified atom stereocenters. The molecule has 0 spiro atoms. The first-order valence-corrected chi connectivity index (χ1v) is 19.5. The van der Waals surface area contributed by atoms with Crippen molar-refractivity contribution in [2.45, 2.75) is 24.3 Å². The Balaban J connectivity index is 1.07. The molecule has 0 saturated heterocycles. The molecule has 5 nitrogen and oxygen atoms in total.